The summed E-state index contributed by atoms with van der Waals surface area (Å²) in [4.78, 5) is 24.5. The number of nitrogens with one attached hydrogen (secondary N) is 3. The first-order valence-electron chi connectivity index (χ1n) is 13.7. The summed E-state index contributed by atoms with van der Waals surface area (Å²) in [5, 5.41) is 19.3. The summed E-state index contributed by atoms with van der Waals surface area (Å²) in [5.41, 5.74) is 3.90. The lowest BCUT2D eigenvalue weighted by atomic mass is 9.62. The number of hydrogen-bond donors (Lipinski definition) is 4. The molecule has 2 bridgehead atoms. The van der Waals surface area contributed by atoms with E-state index < -0.39 is 5.97 Å². The van der Waals surface area contributed by atoms with Crippen molar-refractivity contribution in [1.29, 1.82) is 0 Å². The highest BCUT2D eigenvalue weighted by molar-refractivity contribution is 5.95. The number of benzene rings is 3. The zero-order chi connectivity index (χ0) is 26.7. The summed E-state index contributed by atoms with van der Waals surface area (Å²) in [5.74, 6) is 1.36. The number of anilines is 4. The van der Waals surface area contributed by atoms with Gasteiger partial charge in [-0.3, -0.25) is 4.79 Å². The minimum Gasteiger partial charge on any atom is -0.478 e. The second-order valence-electron chi connectivity index (χ2n) is 11.4. The second kappa shape index (κ2) is 10.9. The van der Waals surface area contributed by atoms with Gasteiger partial charge >= 0.3 is 5.97 Å². The molecule has 0 aromatic heterocycles. The molecule has 6 heteroatoms. The van der Waals surface area contributed by atoms with Gasteiger partial charge in [-0.2, -0.15) is 0 Å². The van der Waals surface area contributed by atoms with Gasteiger partial charge in [0.2, 0.25) is 0 Å². The maximum absolute atomic E-state index is 13.1. The van der Waals surface area contributed by atoms with Crippen molar-refractivity contribution in [2.24, 2.45) is 17.8 Å². The lowest BCUT2D eigenvalue weighted by molar-refractivity contribution is 0.0577. The fourth-order valence-corrected chi connectivity index (χ4v) is 6.62. The number of amides is 1. The van der Waals surface area contributed by atoms with Gasteiger partial charge in [-0.1, -0.05) is 25.5 Å². The van der Waals surface area contributed by atoms with Crippen LogP contribution in [0.1, 0.15) is 73.1 Å². The molecule has 0 aliphatic heterocycles. The SMILES string of the molecule is CCC1CC2CC(C1)CC(C)(NC(=O)c1ccc(Nc3ccc(Nc4ccccc4C(=O)O)cc3)cc1)C2. The largest absolute Gasteiger partial charge is 0.478 e. The molecule has 4 N–H and O–H groups in total. The zero-order valence-corrected chi connectivity index (χ0v) is 22.2. The number of carboxylic acids is 1. The lowest BCUT2D eigenvalue weighted by Gasteiger charge is -2.48. The van der Waals surface area contributed by atoms with Crippen LogP contribution in [0, 0.1) is 17.8 Å². The molecular formula is C32H37N3O3. The molecule has 38 heavy (non-hydrogen) atoms. The molecule has 1 amide bonds. The molecule has 3 aromatic carbocycles. The van der Waals surface area contributed by atoms with Crippen LogP contribution >= 0.6 is 0 Å². The van der Waals surface area contributed by atoms with E-state index in [9.17, 15) is 14.7 Å². The number of carbonyl (C=O) groups is 2. The number of rotatable bonds is 8. The van der Waals surface area contributed by atoms with Crippen molar-refractivity contribution in [3.63, 3.8) is 0 Å². The number of para-hydroxylation sites is 1. The van der Waals surface area contributed by atoms with Crippen molar-refractivity contribution in [2.75, 3.05) is 10.6 Å². The molecule has 2 atom stereocenters. The Kier molecular flexibility index (Phi) is 7.41. The predicted octanol–water partition coefficient (Wildman–Crippen LogP) is 7.60. The lowest BCUT2D eigenvalue weighted by Crippen LogP contribution is -2.52. The quantitative estimate of drug-likeness (QED) is 0.250. The van der Waals surface area contributed by atoms with Crippen LogP contribution in [0.15, 0.2) is 72.8 Å². The minimum atomic E-state index is -0.968. The standard InChI is InChI=1S/C32H37N3O3/c1-3-21-16-22-18-23(17-21)20-32(2,19-22)35-30(36)24-8-10-25(11-9-24)33-26-12-14-27(15-13-26)34-29-7-5-4-6-28(29)31(37)38/h4-15,21-23,33-34H,3,16-20H2,1-2H3,(H,35,36)(H,37,38). The molecule has 2 aliphatic rings. The third-order valence-corrected chi connectivity index (χ3v) is 8.23. The van der Waals surface area contributed by atoms with Crippen molar-refractivity contribution in [2.45, 2.75) is 57.9 Å². The van der Waals surface area contributed by atoms with E-state index in [0.29, 0.717) is 11.3 Å². The van der Waals surface area contributed by atoms with E-state index >= 15 is 0 Å². The van der Waals surface area contributed by atoms with Gasteiger partial charge < -0.3 is 21.1 Å². The van der Waals surface area contributed by atoms with E-state index in [1.54, 1.807) is 24.3 Å². The smallest absolute Gasteiger partial charge is 0.337 e. The van der Waals surface area contributed by atoms with Gasteiger partial charge in [0.25, 0.3) is 5.91 Å². The summed E-state index contributed by atoms with van der Waals surface area (Å²) in [6.45, 7) is 4.53. The van der Waals surface area contributed by atoms with Crippen LogP contribution in [-0.4, -0.2) is 22.5 Å². The van der Waals surface area contributed by atoms with E-state index in [1.807, 2.05) is 48.5 Å². The monoisotopic (exact) mass is 511 g/mol. The van der Waals surface area contributed by atoms with Crippen LogP contribution in [0.5, 0.6) is 0 Å². The Morgan fingerprint density at radius 2 is 1.37 bits per heavy atom. The third kappa shape index (κ3) is 6.01. The van der Waals surface area contributed by atoms with Gasteiger partial charge in [-0.25, -0.2) is 4.79 Å². The van der Waals surface area contributed by atoms with Crippen LogP contribution in [0.25, 0.3) is 0 Å². The Hall–Kier alpha value is -3.80. The van der Waals surface area contributed by atoms with Crippen molar-refractivity contribution >= 4 is 34.6 Å². The van der Waals surface area contributed by atoms with Gasteiger partial charge in [0.1, 0.15) is 0 Å². The summed E-state index contributed by atoms with van der Waals surface area (Å²) in [7, 11) is 0. The first kappa shape index (κ1) is 25.8. The topological polar surface area (TPSA) is 90.5 Å². The fourth-order valence-electron chi connectivity index (χ4n) is 6.62. The molecule has 198 valence electrons. The Balaban J connectivity index is 1.17. The minimum absolute atomic E-state index is 0.00290. The van der Waals surface area contributed by atoms with Crippen LogP contribution in [0.3, 0.4) is 0 Å². The van der Waals surface area contributed by atoms with E-state index in [1.165, 1.54) is 25.7 Å². The summed E-state index contributed by atoms with van der Waals surface area (Å²) in [6.07, 6.45) is 7.39. The number of carbonyl (C=O) groups excluding carboxylic acids is 1. The maximum atomic E-state index is 13.1. The third-order valence-electron chi connectivity index (χ3n) is 8.23. The van der Waals surface area contributed by atoms with Gasteiger partial charge in [0, 0.05) is 28.2 Å². The van der Waals surface area contributed by atoms with E-state index in [4.69, 9.17) is 0 Å². The second-order valence-corrected chi connectivity index (χ2v) is 11.4. The summed E-state index contributed by atoms with van der Waals surface area (Å²) < 4.78 is 0. The molecule has 0 spiro atoms. The molecule has 2 saturated carbocycles. The van der Waals surface area contributed by atoms with Gasteiger partial charge in [-0.05, 0) is 117 Å². The van der Waals surface area contributed by atoms with Gasteiger partial charge in [0.15, 0.2) is 0 Å². The van der Waals surface area contributed by atoms with E-state index in [-0.39, 0.29) is 17.0 Å². The van der Waals surface area contributed by atoms with Crippen molar-refractivity contribution in [1.82, 2.24) is 5.32 Å². The highest BCUT2D eigenvalue weighted by Crippen LogP contribution is 2.47. The van der Waals surface area contributed by atoms with Crippen LogP contribution in [0.2, 0.25) is 0 Å². The fraction of sp³-hybridized carbons (Fsp3) is 0.375. The normalized spacial score (nSPS) is 24.3. The average molecular weight is 512 g/mol. The highest BCUT2D eigenvalue weighted by atomic mass is 16.4. The summed E-state index contributed by atoms with van der Waals surface area (Å²) >= 11 is 0. The molecule has 2 fully saturated rings. The van der Waals surface area contributed by atoms with E-state index in [2.05, 4.69) is 29.8 Å². The molecule has 3 aromatic rings. The van der Waals surface area contributed by atoms with Crippen LogP contribution < -0.4 is 16.0 Å². The Morgan fingerprint density at radius 3 is 1.95 bits per heavy atom. The highest BCUT2D eigenvalue weighted by Gasteiger charge is 2.42. The van der Waals surface area contributed by atoms with Crippen molar-refractivity contribution in [3.8, 4) is 0 Å². The Bertz CT molecular complexity index is 1270. The first-order valence-corrected chi connectivity index (χ1v) is 13.7. The molecular weight excluding hydrogens is 474 g/mol. The molecule has 2 unspecified atom stereocenters. The Labute approximate surface area is 224 Å². The molecule has 2 aliphatic carbocycles. The summed E-state index contributed by atoms with van der Waals surface area (Å²) in [6, 6.07) is 22.1. The zero-order valence-electron chi connectivity index (χ0n) is 22.2. The first-order chi connectivity index (χ1) is 18.3. The van der Waals surface area contributed by atoms with Crippen LogP contribution in [0.4, 0.5) is 22.7 Å². The van der Waals surface area contributed by atoms with Crippen molar-refractivity contribution < 1.29 is 14.7 Å². The Morgan fingerprint density at radius 1 is 0.816 bits per heavy atom. The number of fused-ring (bicyclic) bond motifs is 2. The molecule has 5 rings (SSSR count). The molecule has 0 heterocycles. The number of carboxylic acid groups (broad SMARTS) is 1. The number of hydrogen-bond acceptors (Lipinski definition) is 4. The van der Waals surface area contributed by atoms with Crippen LogP contribution in [-0.2, 0) is 0 Å². The van der Waals surface area contributed by atoms with Gasteiger partial charge in [-0.15, -0.1) is 0 Å². The molecule has 0 saturated heterocycles. The van der Waals surface area contributed by atoms with Gasteiger partial charge in [0.05, 0.1) is 11.3 Å². The number of aromatic carboxylic acids is 1. The predicted molar refractivity (Wildman–Crippen MR) is 153 cm³/mol. The maximum Gasteiger partial charge on any atom is 0.337 e. The van der Waals surface area contributed by atoms with Crippen molar-refractivity contribution in [3.05, 3.63) is 83.9 Å². The average Bonchev–Trinajstić information content (AvgIpc) is 2.89. The molecule has 6 nitrogen and oxygen atoms in total. The van der Waals surface area contributed by atoms with E-state index in [0.717, 1.165) is 47.7 Å². The molecule has 0 radical (unpaired) electrons.